The molecule has 0 amide bonds. The van der Waals surface area contributed by atoms with Crippen molar-refractivity contribution in [2.45, 2.75) is 39.3 Å². The van der Waals surface area contributed by atoms with Crippen LogP contribution in [0.25, 0.3) is 5.65 Å². The van der Waals surface area contributed by atoms with E-state index in [4.69, 9.17) is 11.6 Å². The first-order chi connectivity index (χ1) is 8.51. The maximum atomic E-state index is 13.1. The Hall–Kier alpha value is -1.30. The summed E-state index contributed by atoms with van der Waals surface area (Å²) >= 11 is 5.97. The van der Waals surface area contributed by atoms with Crippen LogP contribution in [0, 0.1) is 6.92 Å². The van der Waals surface area contributed by atoms with Gasteiger partial charge < -0.3 is 0 Å². The summed E-state index contributed by atoms with van der Waals surface area (Å²) in [5, 5.41) is 3.95. The van der Waals surface area contributed by atoms with Gasteiger partial charge in [0.15, 0.2) is 5.65 Å². The van der Waals surface area contributed by atoms with Gasteiger partial charge in [-0.1, -0.05) is 32.4 Å². The third-order valence-corrected chi connectivity index (χ3v) is 3.19. The molecule has 0 aliphatic heterocycles. The zero-order valence-corrected chi connectivity index (χ0v) is 11.7. The van der Waals surface area contributed by atoms with Gasteiger partial charge in [-0.2, -0.15) is 18.3 Å². The predicted molar refractivity (Wildman–Crippen MR) is 66.4 cm³/mol. The molecule has 2 heterocycles. The molecule has 0 N–H and O–H groups in total. The number of halogens is 4. The summed E-state index contributed by atoms with van der Waals surface area (Å²) in [7, 11) is 0. The molecule has 0 aliphatic carbocycles. The molecule has 2 aromatic heterocycles. The fourth-order valence-corrected chi connectivity index (χ4v) is 1.84. The van der Waals surface area contributed by atoms with Gasteiger partial charge in [-0.3, -0.25) is 0 Å². The molecule has 19 heavy (non-hydrogen) atoms. The van der Waals surface area contributed by atoms with Crippen molar-refractivity contribution in [3.05, 3.63) is 28.2 Å². The fourth-order valence-electron chi connectivity index (χ4n) is 1.68. The minimum atomic E-state index is -4.51. The summed E-state index contributed by atoms with van der Waals surface area (Å²) in [5.41, 5.74) is -0.681. The minimum absolute atomic E-state index is 0.0407. The summed E-state index contributed by atoms with van der Waals surface area (Å²) in [6, 6.07) is 1.02. The smallest absolute Gasteiger partial charge is 0.232 e. The SMILES string of the molecule is Cc1nn2c(C(F)(F)F)cc(C(C)(C)C)nc2c1Cl. The Kier molecular flexibility index (Phi) is 3.04. The first-order valence-electron chi connectivity index (χ1n) is 5.65. The quantitative estimate of drug-likeness (QED) is 0.734. The molecule has 0 aliphatic rings. The van der Waals surface area contributed by atoms with Gasteiger partial charge in [-0.15, -0.1) is 0 Å². The van der Waals surface area contributed by atoms with Crippen LogP contribution in [0.4, 0.5) is 13.2 Å². The second kappa shape index (κ2) is 4.10. The van der Waals surface area contributed by atoms with Crippen LogP contribution in [0.2, 0.25) is 5.02 Å². The van der Waals surface area contributed by atoms with Crippen LogP contribution in [0.15, 0.2) is 6.07 Å². The van der Waals surface area contributed by atoms with Gasteiger partial charge in [-0.05, 0) is 13.0 Å². The van der Waals surface area contributed by atoms with Crippen LogP contribution in [0.1, 0.15) is 37.9 Å². The Balaban J connectivity index is 2.89. The molecule has 0 aromatic carbocycles. The molecule has 2 aromatic rings. The molecule has 104 valence electrons. The average Bonchev–Trinajstić information content (AvgIpc) is 2.51. The Morgan fingerprint density at radius 1 is 1.21 bits per heavy atom. The highest BCUT2D eigenvalue weighted by Gasteiger charge is 2.36. The highest BCUT2D eigenvalue weighted by Crippen LogP contribution is 2.34. The second-order valence-electron chi connectivity index (χ2n) is 5.41. The molecule has 0 fully saturated rings. The highest BCUT2D eigenvalue weighted by atomic mass is 35.5. The first kappa shape index (κ1) is 14.1. The Labute approximate surface area is 113 Å². The van der Waals surface area contributed by atoms with Crippen LogP contribution in [-0.4, -0.2) is 14.6 Å². The molecule has 0 unspecified atom stereocenters. The molecular formula is C12H13ClF3N3. The molecule has 0 saturated heterocycles. The van der Waals surface area contributed by atoms with Crippen molar-refractivity contribution in [3.8, 4) is 0 Å². The Morgan fingerprint density at radius 3 is 2.26 bits per heavy atom. The molecule has 0 atom stereocenters. The maximum absolute atomic E-state index is 13.1. The van der Waals surface area contributed by atoms with Crippen LogP contribution in [0.5, 0.6) is 0 Å². The monoisotopic (exact) mass is 291 g/mol. The molecule has 0 spiro atoms. The molecule has 0 bridgehead atoms. The lowest BCUT2D eigenvalue weighted by Gasteiger charge is -2.20. The van der Waals surface area contributed by atoms with Crippen molar-refractivity contribution < 1.29 is 13.2 Å². The lowest BCUT2D eigenvalue weighted by Crippen LogP contribution is -2.20. The lowest BCUT2D eigenvalue weighted by molar-refractivity contribution is -0.142. The van der Waals surface area contributed by atoms with Crippen molar-refractivity contribution in [2.24, 2.45) is 0 Å². The first-order valence-corrected chi connectivity index (χ1v) is 6.03. The summed E-state index contributed by atoms with van der Waals surface area (Å²) < 4.78 is 40.0. The van der Waals surface area contributed by atoms with Crippen LogP contribution < -0.4 is 0 Å². The molecular weight excluding hydrogens is 279 g/mol. The van der Waals surface area contributed by atoms with Gasteiger partial charge in [0.1, 0.15) is 10.7 Å². The van der Waals surface area contributed by atoms with E-state index in [2.05, 4.69) is 10.1 Å². The van der Waals surface area contributed by atoms with E-state index in [9.17, 15) is 13.2 Å². The zero-order chi connectivity index (χ0) is 14.6. The average molecular weight is 292 g/mol. The standard InChI is InChI=1S/C12H13ClF3N3/c1-6-9(13)10-17-7(11(2,3)4)5-8(12(14,15)16)19(10)18-6/h5H,1-4H3. The van der Waals surface area contributed by atoms with Gasteiger partial charge in [0.25, 0.3) is 0 Å². The van der Waals surface area contributed by atoms with E-state index in [0.717, 1.165) is 10.6 Å². The molecule has 7 heteroatoms. The van der Waals surface area contributed by atoms with E-state index >= 15 is 0 Å². The number of hydrogen-bond acceptors (Lipinski definition) is 2. The normalized spacial score (nSPS) is 13.3. The van der Waals surface area contributed by atoms with E-state index in [-0.39, 0.29) is 10.7 Å². The Morgan fingerprint density at radius 2 is 1.79 bits per heavy atom. The van der Waals surface area contributed by atoms with Gasteiger partial charge in [0.05, 0.1) is 11.4 Å². The summed E-state index contributed by atoms with van der Waals surface area (Å²) in [6.07, 6.45) is -4.51. The Bertz CT molecular complexity index is 638. The van der Waals surface area contributed by atoms with Gasteiger partial charge in [0, 0.05) is 5.41 Å². The number of nitrogens with zero attached hydrogens (tertiary/aromatic N) is 3. The minimum Gasteiger partial charge on any atom is -0.232 e. The predicted octanol–water partition coefficient (Wildman–Crippen LogP) is 4.01. The van der Waals surface area contributed by atoms with E-state index in [0.29, 0.717) is 11.4 Å². The summed E-state index contributed by atoms with van der Waals surface area (Å²) in [4.78, 5) is 4.21. The number of fused-ring (bicyclic) bond motifs is 1. The molecule has 3 nitrogen and oxygen atoms in total. The van der Waals surface area contributed by atoms with E-state index in [1.165, 1.54) is 0 Å². The summed E-state index contributed by atoms with van der Waals surface area (Å²) in [5.74, 6) is 0. The van der Waals surface area contributed by atoms with Crippen LogP contribution >= 0.6 is 11.6 Å². The van der Waals surface area contributed by atoms with Crippen molar-refractivity contribution >= 4 is 17.2 Å². The van der Waals surface area contributed by atoms with Gasteiger partial charge in [-0.25, -0.2) is 9.50 Å². The topological polar surface area (TPSA) is 30.2 Å². The highest BCUT2D eigenvalue weighted by molar-refractivity contribution is 6.34. The van der Waals surface area contributed by atoms with Gasteiger partial charge in [0.2, 0.25) is 0 Å². The maximum Gasteiger partial charge on any atom is 0.433 e. The molecule has 0 radical (unpaired) electrons. The third-order valence-electron chi connectivity index (χ3n) is 2.75. The van der Waals surface area contributed by atoms with Gasteiger partial charge >= 0.3 is 6.18 Å². The molecule has 2 rings (SSSR count). The van der Waals surface area contributed by atoms with Crippen LogP contribution in [0.3, 0.4) is 0 Å². The number of aryl methyl sites for hydroxylation is 1. The van der Waals surface area contributed by atoms with Crippen LogP contribution in [-0.2, 0) is 11.6 Å². The van der Waals surface area contributed by atoms with E-state index in [1.54, 1.807) is 27.7 Å². The number of hydrogen-bond donors (Lipinski definition) is 0. The van der Waals surface area contributed by atoms with Crippen molar-refractivity contribution in [1.29, 1.82) is 0 Å². The van der Waals surface area contributed by atoms with Crippen molar-refractivity contribution in [1.82, 2.24) is 14.6 Å². The number of aromatic nitrogens is 3. The lowest BCUT2D eigenvalue weighted by atomic mass is 9.91. The van der Waals surface area contributed by atoms with E-state index in [1.807, 2.05) is 0 Å². The van der Waals surface area contributed by atoms with Crippen molar-refractivity contribution in [2.75, 3.05) is 0 Å². The number of alkyl halides is 3. The third kappa shape index (κ3) is 2.41. The largest absolute Gasteiger partial charge is 0.433 e. The fraction of sp³-hybridized carbons (Fsp3) is 0.500. The second-order valence-corrected chi connectivity index (χ2v) is 5.79. The zero-order valence-electron chi connectivity index (χ0n) is 10.9. The number of rotatable bonds is 0. The van der Waals surface area contributed by atoms with E-state index < -0.39 is 17.3 Å². The molecule has 0 saturated carbocycles. The summed E-state index contributed by atoms with van der Waals surface area (Å²) in [6.45, 7) is 6.93. The van der Waals surface area contributed by atoms with Crippen molar-refractivity contribution in [3.63, 3.8) is 0 Å².